The van der Waals surface area contributed by atoms with Crippen molar-refractivity contribution in [1.29, 1.82) is 0 Å². The number of rotatable bonds is 11. The van der Waals surface area contributed by atoms with Crippen molar-refractivity contribution in [3.8, 4) is 0 Å². The van der Waals surface area contributed by atoms with Gasteiger partial charge < -0.3 is 0 Å². The molecule has 0 amide bonds. The average molecular weight is 409 g/mol. The van der Waals surface area contributed by atoms with Gasteiger partial charge in [0.1, 0.15) is 0 Å². The Balaban J connectivity index is 0.000000234. The van der Waals surface area contributed by atoms with Crippen molar-refractivity contribution >= 4 is 0 Å². The lowest BCUT2D eigenvalue weighted by Crippen LogP contribution is -1.91. The summed E-state index contributed by atoms with van der Waals surface area (Å²) in [5.41, 5.74) is 0. The van der Waals surface area contributed by atoms with E-state index in [-0.39, 0.29) is 0 Å². The van der Waals surface area contributed by atoms with Crippen molar-refractivity contribution in [3.63, 3.8) is 0 Å². The summed E-state index contributed by atoms with van der Waals surface area (Å²) >= 11 is 0. The van der Waals surface area contributed by atoms with E-state index in [0.29, 0.717) is 11.8 Å². The van der Waals surface area contributed by atoms with Crippen molar-refractivity contribution in [3.05, 3.63) is 73.4 Å². The van der Waals surface area contributed by atoms with E-state index in [0.717, 1.165) is 11.8 Å². The minimum absolute atomic E-state index is 0.682. The maximum Gasteiger partial charge on any atom is -0.00445 e. The van der Waals surface area contributed by atoms with E-state index in [9.17, 15) is 0 Å². The van der Waals surface area contributed by atoms with Crippen LogP contribution in [-0.4, -0.2) is 0 Å². The summed E-state index contributed by atoms with van der Waals surface area (Å²) in [6, 6.07) is 0. The highest BCUT2D eigenvalue weighted by molar-refractivity contribution is 5.21. The van der Waals surface area contributed by atoms with Gasteiger partial charge in [-0.2, -0.15) is 0 Å². The zero-order valence-electron chi connectivity index (χ0n) is 20.1. The Morgan fingerprint density at radius 1 is 0.700 bits per heavy atom. The SMILES string of the molecule is C/C=C/C1C=CC(/C=C/CCC)C1.C1=CC2C=CC1C2.C=CCCCCCCCC. The van der Waals surface area contributed by atoms with Crippen LogP contribution >= 0.6 is 0 Å². The highest BCUT2D eigenvalue weighted by atomic mass is 14.2. The fourth-order valence-corrected chi connectivity index (χ4v) is 4.12. The monoisotopic (exact) mass is 408 g/mol. The molecule has 0 heterocycles. The van der Waals surface area contributed by atoms with E-state index in [4.69, 9.17) is 0 Å². The van der Waals surface area contributed by atoms with E-state index in [1.807, 2.05) is 6.08 Å². The van der Waals surface area contributed by atoms with Gasteiger partial charge >= 0.3 is 0 Å². The second kappa shape index (κ2) is 18.2. The molecule has 3 aliphatic rings. The van der Waals surface area contributed by atoms with Gasteiger partial charge in [-0.3, -0.25) is 0 Å². The van der Waals surface area contributed by atoms with Gasteiger partial charge in [-0.1, -0.05) is 119 Å². The van der Waals surface area contributed by atoms with E-state index < -0.39 is 0 Å². The number of unbranched alkanes of at least 4 members (excludes halogenated alkanes) is 7. The van der Waals surface area contributed by atoms with Gasteiger partial charge in [-0.05, 0) is 62.7 Å². The minimum Gasteiger partial charge on any atom is -0.103 e. The topological polar surface area (TPSA) is 0 Å². The summed E-state index contributed by atoms with van der Waals surface area (Å²) in [5.74, 6) is 2.99. The van der Waals surface area contributed by atoms with Crippen LogP contribution in [0, 0.1) is 23.7 Å². The molecular formula is C30H48. The van der Waals surface area contributed by atoms with Crippen LogP contribution in [0.1, 0.15) is 91.4 Å². The minimum atomic E-state index is 0.682. The predicted octanol–water partition coefficient (Wildman–Crippen LogP) is 9.78. The van der Waals surface area contributed by atoms with E-state index in [1.165, 1.54) is 70.6 Å². The molecule has 168 valence electrons. The molecule has 0 heteroatoms. The third-order valence-electron chi connectivity index (χ3n) is 5.95. The molecule has 0 N–H and O–H groups in total. The zero-order valence-corrected chi connectivity index (χ0v) is 20.1. The molecule has 0 fully saturated rings. The third-order valence-corrected chi connectivity index (χ3v) is 5.95. The van der Waals surface area contributed by atoms with Crippen LogP contribution in [0.4, 0.5) is 0 Å². The van der Waals surface area contributed by atoms with E-state index in [1.54, 1.807) is 0 Å². The summed E-state index contributed by atoms with van der Waals surface area (Å²) in [6.07, 6.45) is 39.6. The van der Waals surface area contributed by atoms with Gasteiger partial charge in [-0.25, -0.2) is 0 Å². The van der Waals surface area contributed by atoms with Crippen LogP contribution in [0.25, 0.3) is 0 Å². The summed E-state index contributed by atoms with van der Waals surface area (Å²) in [4.78, 5) is 0. The molecule has 0 nitrogen and oxygen atoms in total. The van der Waals surface area contributed by atoms with Crippen LogP contribution in [0.5, 0.6) is 0 Å². The van der Waals surface area contributed by atoms with Gasteiger partial charge in [0, 0.05) is 0 Å². The fraction of sp³-hybridized carbons (Fsp3) is 0.600. The fourth-order valence-electron chi connectivity index (χ4n) is 4.12. The molecule has 30 heavy (non-hydrogen) atoms. The largest absolute Gasteiger partial charge is 0.103 e. The second-order valence-corrected chi connectivity index (χ2v) is 8.87. The molecule has 0 aromatic carbocycles. The van der Waals surface area contributed by atoms with Crippen molar-refractivity contribution in [2.45, 2.75) is 91.4 Å². The lowest BCUT2D eigenvalue weighted by atomic mass is 10.0. The van der Waals surface area contributed by atoms with Gasteiger partial charge in [-0.15, -0.1) is 6.58 Å². The van der Waals surface area contributed by atoms with Crippen molar-refractivity contribution in [1.82, 2.24) is 0 Å². The molecule has 3 rings (SSSR count). The maximum atomic E-state index is 3.69. The molecule has 0 aromatic rings. The Kier molecular flexibility index (Phi) is 16.1. The summed E-state index contributed by atoms with van der Waals surface area (Å²) in [7, 11) is 0. The standard InChI is InChI=1S/C13H20.C10H20.C7H8/c1-3-5-6-8-13-10-9-12(11-13)7-4-2;1-3-5-7-9-10-8-6-4-2;1-2-7-4-3-6(1)5-7/h4,6-10,12-13H,3,5,11H2,1-2H3;3H,1,4-10H2,2H3;1-4,6-7H,5H2/b7-4+,8-6+;;. The Bertz CT molecular complexity index is 527. The van der Waals surface area contributed by atoms with Crippen molar-refractivity contribution in [2.75, 3.05) is 0 Å². The highest BCUT2D eigenvalue weighted by Gasteiger charge is 2.19. The predicted molar refractivity (Wildman–Crippen MR) is 138 cm³/mol. The van der Waals surface area contributed by atoms with Gasteiger partial charge in [0.05, 0.1) is 0 Å². The quantitative estimate of drug-likeness (QED) is 0.236. The van der Waals surface area contributed by atoms with Crippen LogP contribution in [0.2, 0.25) is 0 Å². The van der Waals surface area contributed by atoms with Gasteiger partial charge in [0.25, 0.3) is 0 Å². The first kappa shape index (κ1) is 26.5. The van der Waals surface area contributed by atoms with E-state index in [2.05, 4.69) is 88.1 Å². The van der Waals surface area contributed by atoms with Gasteiger partial charge in [0.2, 0.25) is 0 Å². The first-order valence-electron chi connectivity index (χ1n) is 12.7. The number of hydrogen-bond acceptors (Lipinski definition) is 0. The number of hydrogen-bond donors (Lipinski definition) is 0. The number of fused-ring (bicyclic) bond motifs is 2. The molecule has 0 spiro atoms. The van der Waals surface area contributed by atoms with Crippen LogP contribution < -0.4 is 0 Å². The molecule has 0 aromatic heterocycles. The molecule has 0 saturated heterocycles. The van der Waals surface area contributed by atoms with E-state index >= 15 is 0 Å². The Morgan fingerprint density at radius 2 is 1.30 bits per heavy atom. The van der Waals surface area contributed by atoms with Crippen LogP contribution in [0.3, 0.4) is 0 Å². The molecule has 2 bridgehead atoms. The Hall–Kier alpha value is -1.56. The van der Waals surface area contributed by atoms with Gasteiger partial charge in [0.15, 0.2) is 0 Å². The molecule has 0 aliphatic heterocycles. The van der Waals surface area contributed by atoms with Crippen molar-refractivity contribution < 1.29 is 0 Å². The second-order valence-electron chi connectivity index (χ2n) is 8.87. The lowest BCUT2D eigenvalue weighted by molar-refractivity contribution is 0.611. The summed E-state index contributed by atoms with van der Waals surface area (Å²) < 4.78 is 0. The van der Waals surface area contributed by atoms with Crippen LogP contribution in [0.15, 0.2) is 73.4 Å². The summed E-state index contributed by atoms with van der Waals surface area (Å²) in [6.45, 7) is 10.3. The molecule has 2 atom stereocenters. The normalized spacial score (nSPS) is 25.6. The average Bonchev–Trinajstić information content (AvgIpc) is 3.51. The molecule has 3 aliphatic carbocycles. The maximum absolute atomic E-state index is 3.69. The zero-order chi connectivity index (χ0) is 21.9. The number of allylic oxidation sites excluding steroid dienone is 11. The molecule has 0 saturated carbocycles. The highest BCUT2D eigenvalue weighted by Crippen LogP contribution is 2.31. The first-order chi connectivity index (χ1) is 14.7. The third kappa shape index (κ3) is 12.9. The van der Waals surface area contributed by atoms with Crippen LogP contribution in [-0.2, 0) is 0 Å². The smallest absolute Gasteiger partial charge is 0.00445 e. The molecular weight excluding hydrogens is 360 g/mol. The first-order valence-corrected chi connectivity index (χ1v) is 12.7. The lowest BCUT2D eigenvalue weighted by Gasteiger charge is -2.03. The Morgan fingerprint density at radius 3 is 1.80 bits per heavy atom. The van der Waals surface area contributed by atoms with Crippen molar-refractivity contribution in [2.24, 2.45) is 23.7 Å². The Labute approximate surface area is 188 Å². The molecule has 0 radical (unpaired) electrons. The molecule has 2 unspecified atom stereocenters. The summed E-state index contributed by atoms with van der Waals surface area (Å²) in [5, 5.41) is 0.